The van der Waals surface area contributed by atoms with Crippen molar-refractivity contribution in [1.82, 2.24) is 0 Å². The predicted molar refractivity (Wildman–Crippen MR) is 17.1 cm³/mol. The fraction of sp³-hybridized carbons (Fsp3) is 0. The van der Waals surface area contributed by atoms with Crippen molar-refractivity contribution >= 4 is 21.1 Å². The summed E-state index contributed by atoms with van der Waals surface area (Å²) in [6.45, 7) is 0. The molecule has 5 heteroatoms. The molecule has 0 unspecified atom stereocenters. The van der Waals surface area contributed by atoms with Gasteiger partial charge in [-0.05, 0) is 0 Å². The van der Waals surface area contributed by atoms with Gasteiger partial charge in [0.2, 0.25) is 0 Å². The summed E-state index contributed by atoms with van der Waals surface area (Å²) in [6.07, 6.45) is 0. The van der Waals surface area contributed by atoms with Crippen LogP contribution in [0, 0.1) is 0 Å². The van der Waals surface area contributed by atoms with Crippen LogP contribution in [0.25, 0.3) is 0 Å². The summed E-state index contributed by atoms with van der Waals surface area (Å²) in [5, 5.41) is 0. The molecule has 0 heterocycles. The van der Waals surface area contributed by atoms with Crippen molar-refractivity contribution in [1.29, 1.82) is 0 Å². The largest absolute Gasteiger partial charge is 0.324 e. The summed E-state index contributed by atoms with van der Waals surface area (Å²) in [6, 6.07) is 0. The Morgan fingerprint density at radius 1 is 1.60 bits per heavy atom. The maximum atomic E-state index is 8.46. The van der Waals surface area contributed by atoms with Crippen molar-refractivity contribution in [2.24, 2.45) is 0 Å². The SMILES string of the molecule is Cl.O=PO.[Pd]. The molecule has 5 heavy (non-hydrogen) atoms. The van der Waals surface area contributed by atoms with E-state index in [4.69, 9.17) is 9.46 Å². The molecule has 0 bridgehead atoms. The van der Waals surface area contributed by atoms with Crippen molar-refractivity contribution in [3.05, 3.63) is 0 Å². The standard InChI is InChI=1S/ClH.HO2P.Pd/c;1-3-2;/h1H;(H,1,2);. The Bertz CT molecular complexity index is 17.1. The molecule has 0 atom stereocenters. The van der Waals surface area contributed by atoms with Crippen molar-refractivity contribution in [3.63, 3.8) is 0 Å². The smallest absolute Gasteiger partial charge is 0.310 e. The second-order valence-corrected chi connectivity index (χ2v) is 0.245. The van der Waals surface area contributed by atoms with Gasteiger partial charge in [0, 0.05) is 20.4 Å². The molecule has 0 aromatic rings. The number of hydrogen-bond acceptors (Lipinski definition) is 1. The van der Waals surface area contributed by atoms with E-state index in [0.717, 1.165) is 0 Å². The minimum atomic E-state index is -0.833. The Labute approximate surface area is 51.3 Å². The van der Waals surface area contributed by atoms with Gasteiger partial charge in [0.05, 0.1) is 0 Å². The first kappa shape index (κ1) is 16.6. The summed E-state index contributed by atoms with van der Waals surface area (Å²) in [4.78, 5) is 6.99. The molecular weight excluding hydrogens is 205 g/mol. The van der Waals surface area contributed by atoms with Crippen LogP contribution in [-0.2, 0) is 25.0 Å². The van der Waals surface area contributed by atoms with E-state index in [1.807, 2.05) is 0 Å². The summed E-state index contributed by atoms with van der Waals surface area (Å²) in [5.74, 6) is 0. The van der Waals surface area contributed by atoms with Crippen molar-refractivity contribution < 1.29 is 29.9 Å². The van der Waals surface area contributed by atoms with Crippen LogP contribution in [0.5, 0.6) is 0 Å². The zero-order valence-electron chi connectivity index (χ0n) is 2.03. The third kappa shape index (κ3) is 44.4. The molecule has 0 fully saturated rings. The van der Waals surface area contributed by atoms with E-state index in [1.165, 1.54) is 0 Å². The molecule has 36 valence electrons. The van der Waals surface area contributed by atoms with E-state index in [2.05, 4.69) is 0 Å². The van der Waals surface area contributed by atoms with Gasteiger partial charge in [-0.2, -0.15) is 0 Å². The molecular formula is H2ClO2PPd. The van der Waals surface area contributed by atoms with Crippen LogP contribution in [0.15, 0.2) is 0 Å². The second-order valence-electron chi connectivity index (χ2n) is 0.0816. The summed E-state index contributed by atoms with van der Waals surface area (Å²) >= 11 is 0. The third-order valence-corrected chi connectivity index (χ3v) is 0. The van der Waals surface area contributed by atoms with Gasteiger partial charge in [-0.15, -0.1) is 12.4 Å². The van der Waals surface area contributed by atoms with Crippen LogP contribution in [0.1, 0.15) is 0 Å². The van der Waals surface area contributed by atoms with Gasteiger partial charge >= 0.3 is 8.69 Å². The first-order valence-corrected chi connectivity index (χ1v) is 1.15. The zero-order valence-corrected chi connectivity index (χ0v) is 5.29. The normalized spacial score (nSPS) is 4.20. The fourth-order valence-corrected chi connectivity index (χ4v) is 0. The van der Waals surface area contributed by atoms with E-state index in [-0.39, 0.29) is 32.8 Å². The molecule has 0 aromatic heterocycles. The Morgan fingerprint density at radius 3 is 1.60 bits per heavy atom. The molecule has 0 radical (unpaired) electrons. The van der Waals surface area contributed by atoms with Crippen LogP contribution in [-0.4, -0.2) is 4.89 Å². The molecule has 2 nitrogen and oxygen atoms in total. The average Bonchev–Trinajstić information content (AvgIpc) is 0.918. The predicted octanol–water partition coefficient (Wildman–Crippen LogP) is 0.605. The first-order chi connectivity index (χ1) is 1.41. The Balaban J connectivity index is -0.0000000200. The third-order valence-electron chi connectivity index (χ3n) is 0. The molecule has 0 aromatic carbocycles. The Hall–Kier alpha value is 1.01. The molecule has 0 saturated heterocycles. The number of halogens is 1. The van der Waals surface area contributed by atoms with E-state index in [9.17, 15) is 0 Å². The molecule has 0 aliphatic rings. The van der Waals surface area contributed by atoms with E-state index in [0.29, 0.717) is 0 Å². The molecule has 0 aliphatic heterocycles. The van der Waals surface area contributed by atoms with Crippen LogP contribution >= 0.6 is 21.1 Å². The van der Waals surface area contributed by atoms with E-state index >= 15 is 0 Å². The van der Waals surface area contributed by atoms with E-state index < -0.39 is 8.69 Å². The number of hydrogen-bond donors (Lipinski definition) is 1. The van der Waals surface area contributed by atoms with Crippen LogP contribution in [0.4, 0.5) is 0 Å². The first-order valence-electron chi connectivity index (χ1n) is 0.383. The fourth-order valence-electron chi connectivity index (χ4n) is 0. The zero-order chi connectivity index (χ0) is 2.71. The molecule has 0 aliphatic carbocycles. The van der Waals surface area contributed by atoms with Crippen LogP contribution in [0.2, 0.25) is 0 Å². The Morgan fingerprint density at radius 2 is 1.60 bits per heavy atom. The van der Waals surface area contributed by atoms with Crippen molar-refractivity contribution in [2.45, 2.75) is 0 Å². The van der Waals surface area contributed by atoms with Gasteiger partial charge in [0.25, 0.3) is 0 Å². The molecule has 0 rings (SSSR count). The monoisotopic (exact) mass is 206 g/mol. The van der Waals surface area contributed by atoms with Crippen LogP contribution < -0.4 is 0 Å². The Kier molecular flexibility index (Phi) is 66.3. The molecule has 1 N–H and O–H groups in total. The van der Waals surface area contributed by atoms with Gasteiger partial charge in [-0.1, -0.05) is 0 Å². The van der Waals surface area contributed by atoms with Gasteiger partial charge in [0.15, 0.2) is 0 Å². The van der Waals surface area contributed by atoms with Gasteiger partial charge in [-0.25, -0.2) is 4.57 Å². The number of rotatable bonds is 0. The summed E-state index contributed by atoms with van der Waals surface area (Å²) in [5.41, 5.74) is 0. The second kappa shape index (κ2) is 19.9. The van der Waals surface area contributed by atoms with E-state index in [1.54, 1.807) is 0 Å². The maximum Gasteiger partial charge on any atom is 0.324 e. The minimum absolute atomic E-state index is 0. The molecule has 0 amide bonds. The molecule has 0 spiro atoms. The van der Waals surface area contributed by atoms with Gasteiger partial charge in [-0.3, -0.25) is 0 Å². The molecule has 0 saturated carbocycles. The maximum absolute atomic E-state index is 8.46. The van der Waals surface area contributed by atoms with Crippen molar-refractivity contribution in [2.75, 3.05) is 0 Å². The topological polar surface area (TPSA) is 37.3 Å². The van der Waals surface area contributed by atoms with Gasteiger partial charge in [0.1, 0.15) is 0 Å². The summed E-state index contributed by atoms with van der Waals surface area (Å²) < 4.78 is 8.46. The summed E-state index contributed by atoms with van der Waals surface area (Å²) in [7, 11) is -0.833. The van der Waals surface area contributed by atoms with Gasteiger partial charge < -0.3 is 4.89 Å². The average molecular weight is 207 g/mol. The quantitative estimate of drug-likeness (QED) is 0.466. The minimum Gasteiger partial charge on any atom is -0.310 e. The van der Waals surface area contributed by atoms with Crippen molar-refractivity contribution in [3.8, 4) is 0 Å². The van der Waals surface area contributed by atoms with Crippen LogP contribution in [0.3, 0.4) is 0 Å².